The molecular weight excluding hydrogens is 206 g/mol. The highest BCUT2D eigenvalue weighted by Crippen LogP contribution is 2.19. The number of nitriles is 1. The Morgan fingerprint density at radius 3 is 3.00 bits per heavy atom. The molecule has 0 saturated carbocycles. The van der Waals surface area contributed by atoms with Crippen LogP contribution in [-0.4, -0.2) is 27.1 Å². The topological polar surface area (TPSA) is 45.0 Å². The van der Waals surface area contributed by atoms with Gasteiger partial charge in [-0.05, 0) is 18.6 Å². The fourth-order valence-corrected chi connectivity index (χ4v) is 1.84. The van der Waals surface area contributed by atoms with Crippen molar-refractivity contribution in [3.8, 4) is 6.07 Å². The van der Waals surface area contributed by atoms with Gasteiger partial charge in [0.25, 0.3) is 0 Å². The molecule has 0 amide bonds. The van der Waals surface area contributed by atoms with E-state index in [0.29, 0.717) is 18.9 Å². The summed E-state index contributed by atoms with van der Waals surface area (Å²) in [5.74, 6) is -0.469. The summed E-state index contributed by atoms with van der Waals surface area (Å²) in [6.07, 6.45) is 0.889. The van der Waals surface area contributed by atoms with Crippen LogP contribution in [0.4, 0.5) is 10.1 Å². The number of anilines is 1. The first-order valence-electron chi connectivity index (χ1n) is 5.25. The lowest BCUT2D eigenvalue weighted by atomic mass is 9.93. The summed E-state index contributed by atoms with van der Waals surface area (Å²) < 4.78 is 18.7. The molecule has 1 heterocycles. The van der Waals surface area contributed by atoms with Gasteiger partial charge in [-0.15, -0.1) is 0 Å². The van der Waals surface area contributed by atoms with Gasteiger partial charge in [0.15, 0.2) is 0 Å². The van der Waals surface area contributed by atoms with Crippen LogP contribution in [0, 0.1) is 17.1 Å². The van der Waals surface area contributed by atoms with Crippen LogP contribution < -0.4 is 10.8 Å². The van der Waals surface area contributed by atoms with Gasteiger partial charge >= 0.3 is 0 Å². The third-order valence-electron chi connectivity index (χ3n) is 2.64. The van der Waals surface area contributed by atoms with E-state index in [1.54, 1.807) is 13.9 Å². The third-order valence-corrected chi connectivity index (χ3v) is 2.64. The minimum absolute atomic E-state index is 0.0810. The van der Waals surface area contributed by atoms with Gasteiger partial charge in [0.05, 0.1) is 18.3 Å². The quantitative estimate of drug-likeness (QED) is 0.719. The van der Waals surface area contributed by atoms with Gasteiger partial charge in [0, 0.05) is 6.61 Å². The largest absolute Gasteiger partial charge is 0.379 e. The van der Waals surface area contributed by atoms with Crippen LogP contribution in [0.1, 0.15) is 12.0 Å². The van der Waals surface area contributed by atoms with Gasteiger partial charge in [0.1, 0.15) is 25.3 Å². The molecular formula is C11H12BFN2O. The summed E-state index contributed by atoms with van der Waals surface area (Å²) in [4.78, 5) is 0. The molecule has 0 bridgehead atoms. The van der Waals surface area contributed by atoms with Crippen LogP contribution in [0.15, 0.2) is 12.1 Å². The number of halogens is 1. The molecule has 82 valence electrons. The Morgan fingerprint density at radius 1 is 1.56 bits per heavy atom. The lowest BCUT2D eigenvalue weighted by Gasteiger charge is -2.14. The van der Waals surface area contributed by atoms with E-state index in [-0.39, 0.29) is 11.6 Å². The summed E-state index contributed by atoms with van der Waals surface area (Å²) in [6, 6.07) is 5.22. The Labute approximate surface area is 94.6 Å². The molecule has 0 aromatic heterocycles. The molecule has 1 aliphatic rings. The normalized spacial score (nSPS) is 19.4. The van der Waals surface area contributed by atoms with E-state index >= 15 is 0 Å². The number of rotatable bonds is 2. The number of ether oxygens (including phenoxy) is 1. The number of benzene rings is 1. The Morgan fingerprint density at radius 2 is 2.38 bits per heavy atom. The highest BCUT2D eigenvalue weighted by molar-refractivity contribution is 6.32. The molecule has 1 aromatic rings. The maximum Gasteiger partial charge on any atom is 0.142 e. The van der Waals surface area contributed by atoms with Gasteiger partial charge in [-0.2, -0.15) is 5.26 Å². The van der Waals surface area contributed by atoms with E-state index < -0.39 is 5.82 Å². The van der Waals surface area contributed by atoms with E-state index in [9.17, 15) is 4.39 Å². The van der Waals surface area contributed by atoms with E-state index in [1.165, 1.54) is 6.07 Å². The van der Waals surface area contributed by atoms with Gasteiger partial charge in [0.2, 0.25) is 0 Å². The van der Waals surface area contributed by atoms with Crippen LogP contribution in [0.5, 0.6) is 0 Å². The average molecular weight is 218 g/mol. The zero-order valence-corrected chi connectivity index (χ0v) is 9.09. The smallest absolute Gasteiger partial charge is 0.142 e. The van der Waals surface area contributed by atoms with Crippen LogP contribution in [0.25, 0.3) is 0 Å². The summed E-state index contributed by atoms with van der Waals surface area (Å²) >= 11 is 0. The van der Waals surface area contributed by atoms with Crippen LogP contribution >= 0.6 is 0 Å². The zero-order valence-electron chi connectivity index (χ0n) is 9.09. The predicted octanol–water partition coefficient (Wildman–Crippen LogP) is 0.157. The number of nitrogens with zero attached hydrogens (tertiary/aromatic N) is 1. The highest BCUT2D eigenvalue weighted by Gasteiger charge is 2.18. The molecule has 0 unspecified atom stereocenters. The van der Waals surface area contributed by atoms with Crippen LogP contribution in [-0.2, 0) is 4.74 Å². The van der Waals surface area contributed by atoms with Gasteiger partial charge in [-0.25, -0.2) is 4.39 Å². The Kier molecular flexibility index (Phi) is 3.11. The molecule has 16 heavy (non-hydrogen) atoms. The first-order chi connectivity index (χ1) is 7.70. The number of hydrogen-bond donors (Lipinski definition) is 1. The van der Waals surface area contributed by atoms with Crippen molar-refractivity contribution in [2.24, 2.45) is 0 Å². The molecule has 0 aliphatic carbocycles. The molecule has 3 nitrogen and oxygen atoms in total. The molecule has 1 aliphatic heterocycles. The van der Waals surface area contributed by atoms with E-state index in [4.69, 9.17) is 10.00 Å². The molecule has 1 saturated heterocycles. The zero-order chi connectivity index (χ0) is 11.5. The Balaban J connectivity index is 2.28. The van der Waals surface area contributed by atoms with E-state index in [0.717, 1.165) is 11.9 Å². The first kappa shape index (κ1) is 11.0. The fraction of sp³-hybridized carbons (Fsp3) is 0.364. The second kappa shape index (κ2) is 4.54. The molecule has 2 rings (SSSR count). The van der Waals surface area contributed by atoms with Crippen molar-refractivity contribution < 1.29 is 9.13 Å². The van der Waals surface area contributed by atoms with E-state index in [2.05, 4.69) is 5.32 Å². The number of nitrogens with one attached hydrogen (secondary N) is 1. The monoisotopic (exact) mass is 218 g/mol. The van der Waals surface area contributed by atoms with E-state index in [1.807, 2.05) is 6.07 Å². The van der Waals surface area contributed by atoms with Gasteiger partial charge < -0.3 is 10.1 Å². The average Bonchev–Trinajstić information content (AvgIpc) is 2.70. The summed E-state index contributed by atoms with van der Waals surface area (Å²) in [5, 5.41) is 12.1. The minimum atomic E-state index is -0.469. The van der Waals surface area contributed by atoms with Gasteiger partial charge in [-0.3, -0.25) is 0 Å². The maximum absolute atomic E-state index is 13.5. The molecule has 1 fully saturated rings. The fourth-order valence-electron chi connectivity index (χ4n) is 1.84. The van der Waals surface area contributed by atoms with Crippen molar-refractivity contribution in [3.05, 3.63) is 23.5 Å². The lowest BCUT2D eigenvalue weighted by Crippen LogP contribution is -2.21. The van der Waals surface area contributed by atoms with Crippen molar-refractivity contribution in [1.29, 1.82) is 5.26 Å². The summed E-state index contributed by atoms with van der Waals surface area (Å²) in [5.41, 5.74) is 1.45. The predicted molar refractivity (Wildman–Crippen MR) is 62.1 cm³/mol. The van der Waals surface area contributed by atoms with Crippen LogP contribution in [0.2, 0.25) is 0 Å². The maximum atomic E-state index is 13.5. The van der Waals surface area contributed by atoms with Crippen molar-refractivity contribution in [3.63, 3.8) is 0 Å². The second-order valence-electron chi connectivity index (χ2n) is 3.99. The molecule has 1 atom stereocenters. The molecule has 0 radical (unpaired) electrons. The Bertz CT molecular complexity index is 438. The van der Waals surface area contributed by atoms with Crippen LogP contribution in [0.3, 0.4) is 0 Å². The van der Waals surface area contributed by atoms with Crippen molar-refractivity contribution in [1.82, 2.24) is 0 Å². The molecule has 0 spiro atoms. The van der Waals surface area contributed by atoms with Gasteiger partial charge in [-0.1, -0.05) is 5.46 Å². The second-order valence-corrected chi connectivity index (χ2v) is 3.99. The standard InChI is InChI=1S/C11H12BFN2O/c12-7-3-10(13)9(5-14)11(4-7)15-8-1-2-16-6-8/h3-4,8,15H,1-2,6,12H2/t8-/m0/s1. The SMILES string of the molecule is Bc1cc(F)c(C#N)c(N[C@H]2CCOC2)c1. The lowest BCUT2D eigenvalue weighted by molar-refractivity contribution is 0.195. The molecule has 1 aromatic carbocycles. The highest BCUT2D eigenvalue weighted by atomic mass is 19.1. The third kappa shape index (κ3) is 2.17. The van der Waals surface area contributed by atoms with Crippen molar-refractivity contribution >= 4 is 19.0 Å². The molecule has 1 N–H and O–H groups in total. The summed E-state index contributed by atoms with van der Waals surface area (Å²) in [6.45, 7) is 1.33. The van der Waals surface area contributed by atoms with Crippen molar-refractivity contribution in [2.75, 3.05) is 18.5 Å². The number of hydrogen-bond acceptors (Lipinski definition) is 3. The summed E-state index contributed by atoms with van der Waals surface area (Å²) in [7, 11) is 1.81. The van der Waals surface area contributed by atoms with Crippen molar-refractivity contribution in [2.45, 2.75) is 12.5 Å². The molecule has 5 heteroatoms. The first-order valence-corrected chi connectivity index (χ1v) is 5.25. The Hall–Kier alpha value is -1.54. The minimum Gasteiger partial charge on any atom is -0.379 e.